The van der Waals surface area contributed by atoms with Crippen LogP contribution in [0.4, 0.5) is 4.39 Å². The van der Waals surface area contributed by atoms with E-state index in [1.807, 2.05) is 12.1 Å². The van der Waals surface area contributed by atoms with E-state index in [4.69, 9.17) is 6.42 Å². The monoisotopic (exact) mass is 277 g/mol. The Morgan fingerprint density at radius 3 is 2.33 bits per heavy atom. The number of hydrogen-bond donors (Lipinski definition) is 0. The molecule has 21 heavy (non-hydrogen) atoms. The van der Waals surface area contributed by atoms with Crippen molar-refractivity contribution in [3.8, 4) is 23.5 Å². The summed E-state index contributed by atoms with van der Waals surface area (Å²) in [6, 6.07) is 14.9. The molecule has 0 bridgehead atoms. The number of fused-ring (bicyclic) bond motifs is 1. The maximum atomic E-state index is 13.2. The summed E-state index contributed by atoms with van der Waals surface area (Å²) in [5, 5.41) is 1.10. The molecule has 0 spiro atoms. The molecule has 2 aromatic carbocycles. The molecule has 0 saturated heterocycles. The van der Waals surface area contributed by atoms with Crippen molar-refractivity contribution in [1.82, 2.24) is 4.57 Å². The van der Waals surface area contributed by atoms with Crippen molar-refractivity contribution < 1.29 is 4.39 Å². The maximum Gasteiger partial charge on any atom is 0.123 e. The lowest BCUT2D eigenvalue weighted by molar-refractivity contribution is 0.617. The van der Waals surface area contributed by atoms with Crippen molar-refractivity contribution in [3.05, 3.63) is 60.0 Å². The van der Waals surface area contributed by atoms with Gasteiger partial charge in [-0.2, -0.15) is 0 Å². The molecule has 1 heterocycles. The number of benzene rings is 2. The van der Waals surface area contributed by atoms with Gasteiger partial charge in [-0.05, 0) is 37.6 Å². The lowest BCUT2D eigenvalue weighted by atomic mass is 10.0. The molecule has 2 heteroatoms. The zero-order chi connectivity index (χ0) is 15.0. The van der Waals surface area contributed by atoms with E-state index < -0.39 is 0 Å². The predicted molar refractivity (Wildman–Crippen MR) is 85.7 cm³/mol. The number of halogens is 1. The SMILES string of the molecule is C#Cc1c(-c2ccc(F)cc2)c2ccccc2n1C(C)C. The summed E-state index contributed by atoms with van der Waals surface area (Å²) >= 11 is 0. The van der Waals surface area contributed by atoms with Gasteiger partial charge in [-0.15, -0.1) is 6.42 Å². The Labute approximate surface area is 124 Å². The van der Waals surface area contributed by atoms with Crippen LogP contribution in [0, 0.1) is 18.2 Å². The Balaban J connectivity index is 2.42. The summed E-state index contributed by atoms with van der Waals surface area (Å²) in [6.45, 7) is 4.23. The van der Waals surface area contributed by atoms with E-state index in [-0.39, 0.29) is 11.9 Å². The van der Waals surface area contributed by atoms with Gasteiger partial charge in [-0.25, -0.2) is 4.39 Å². The third kappa shape index (κ3) is 2.11. The van der Waals surface area contributed by atoms with Crippen LogP contribution in [-0.4, -0.2) is 4.57 Å². The van der Waals surface area contributed by atoms with E-state index >= 15 is 0 Å². The molecule has 0 N–H and O–H groups in total. The van der Waals surface area contributed by atoms with Gasteiger partial charge in [0.1, 0.15) is 11.5 Å². The van der Waals surface area contributed by atoms with Crippen LogP contribution < -0.4 is 0 Å². The number of hydrogen-bond acceptors (Lipinski definition) is 0. The van der Waals surface area contributed by atoms with E-state index in [1.165, 1.54) is 12.1 Å². The van der Waals surface area contributed by atoms with Crippen LogP contribution in [0.3, 0.4) is 0 Å². The molecule has 0 radical (unpaired) electrons. The van der Waals surface area contributed by atoms with Crippen LogP contribution in [-0.2, 0) is 0 Å². The second-order valence-electron chi connectivity index (χ2n) is 5.36. The Morgan fingerprint density at radius 2 is 1.71 bits per heavy atom. The van der Waals surface area contributed by atoms with Gasteiger partial charge in [0.15, 0.2) is 0 Å². The lowest BCUT2D eigenvalue weighted by Gasteiger charge is -2.12. The van der Waals surface area contributed by atoms with Crippen molar-refractivity contribution in [1.29, 1.82) is 0 Å². The standard InChI is InChI=1S/C19H16FN/c1-4-17-19(14-9-11-15(20)12-10-14)16-7-5-6-8-18(16)21(17)13(2)3/h1,5-13H,2-3H3. The fraction of sp³-hybridized carbons (Fsp3) is 0.158. The molecule has 3 aromatic rings. The quantitative estimate of drug-likeness (QED) is 0.580. The molecule has 0 aliphatic rings. The first kappa shape index (κ1) is 13.5. The second kappa shape index (κ2) is 5.10. The van der Waals surface area contributed by atoms with Crippen molar-refractivity contribution >= 4 is 10.9 Å². The summed E-state index contributed by atoms with van der Waals surface area (Å²) in [6.07, 6.45) is 5.78. The first-order valence-electron chi connectivity index (χ1n) is 6.99. The van der Waals surface area contributed by atoms with Crippen molar-refractivity contribution in [2.75, 3.05) is 0 Å². The second-order valence-corrected chi connectivity index (χ2v) is 5.36. The van der Waals surface area contributed by atoms with Gasteiger partial charge >= 0.3 is 0 Å². The Bertz CT molecular complexity index is 832. The molecular formula is C19H16FN. The Morgan fingerprint density at radius 1 is 1.05 bits per heavy atom. The Hall–Kier alpha value is -2.53. The van der Waals surface area contributed by atoms with E-state index in [9.17, 15) is 4.39 Å². The van der Waals surface area contributed by atoms with Crippen molar-refractivity contribution in [2.45, 2.75) is 19.9 Å². The molecular weight excluding hydrogens is 261 g/mol. The first-order chi connectivity index (χ1) is 10.1. The molecule has 0 aliphatic carbocycles. The van der Waals surface area contributed by atoms with Crippen molar-refractivity contribution in [2.24, 2.45) is 0 Å². The summed E-state index contributed by atoms with van der Waals surface area (Å²) in [5.74, 6) is 2.58. The summed E-state index contributed by atoms with van der Waals surface area (Å²) < 4.78 is 15.3. The zero-order valence-corrected chi connectivity index (χ0v) is 12.1. The molecule has 3 rings (SSSR count). The highest BCUT2D eigenvalue weighted by Crippen LogP contribution is 2.36. The van der Waals surface area contributed by atoms with E-state index in [0.29, 0.717) is 0 Å². The average molecular weight is 277 g/mol. The summed E-state index contributed by atoms with van der Waals surface area (Å²) in [5.41, 5.74) is 3.90. The molecule has 0 amide bonds. The van der Waals surface area contributed by atoms with Crippen LogP contribution in [0.1, 0.15) is 25.6 Å². The fourth-order valence-electron chi connectivity index (χ4n) is 2.85. The van der Waals surface area contributed by atoms with E-state index in [2.05, 4.69) is 36.5 Å². The largest absolute Gasteiger partial charge is 0.331 e. The topological polar surface area (TPSA) is 4.93 Å². The molecule has 0 saturated carbocycles. The van der Waals surface area contributed by atoms with E-state index in [0.717, 1.165) is 27.7 Å². The van der Waals surface area contributed by atoms with Crippen molar-refractivity contribution in [3.63, 3.8) is 0 Å². The highest BCUT2D eigenvalue weighted by Gasteiger charge is 2.18. The number of aromatic nitrogens is 1. The molecule has 1 nitrogen and oxygen atoms in total. The van der Waals surface area contributed by atoms with Crippen LogP contribution in [0.2, 0.25) is 0 Å². The van der Waals surface area contributed by atoms with Crippen LogP contribution in [0.25, 0.3) is 22.0 Å². The minimum absolute atomic E-state index is 0.242. The molecule has 104 valence electrons. The highest BCUT2D eigenvalue weighted by molar-refractivity contribution is 5.99. The van der Waals surface area contributed by atoms with Gasteiger partial charge in [-0.3, -0.25) is 0 Å². The lowest BCUT2D eigenvalue weighted by Crippen LogP contribution is -2.03. The van der Waals surface area contributed by atoms with Gasteiger partial charge < -0.3 is 4.57 Å². The van der Waals surface area contributed by atoms with Gasteiger partial charge in [0.25, 0.3) is 0 Å². The number of terminal acetylenes is 1. The molecule has 0 aliphatic heterocycles. The Kier molecular flexibility index (Phi) is 3.27. The van der Waals surface area contributed by atoms with Gasteiger partial charge in [-0.1, -0.05) is 36.3 Å². The van der Waals surface area contributed by atoms with Crippen LogP contribution in [0.5, 0.6) is 0 Å². The summed E-state index contributed by atoms with van der Waals surface area (Å²) in [4.78, 5) is 0. The number of nitrogens with zero attached hydrogens (tertiary/aromatic N) is 1. The molecule has 0 atom stereocenters. The van der Waals surface area contributed by atoms with Crippen LogP contribution in [0.15, 0.2) is 48.5 Å². The van der Waals surface area contributed by atoms with Gasteiger partial charge in [0.05, 0.1) is 0 Å². The smallest absolute Gasteiger partial charge is 0.123 e. The average Bonchev–Trinajstić information content (AvgIpc) is 2.82. The molecule has 0 fully saturated rings. The van der Waals surface area contributed by atoms with Crippen LogP contribution >= 0.6 is 0 Å². The van der Waals surface area contributed by atoms with E-state index in [1.54, 1.807) is 12.1 Å². The zero-order valence-electron chi connectivity index (χ0n) is 12.1. The summed E-state index contributed by atoms with van der Waals surface area (Å²) in [7, 11) is 0. The third-order valence-electron chi connectivity index (χ3n) is 3.70. The predicted octanol–water partition coefficient (Wildman–Crippen LogP) is 5.01. The molecule has 0 unspecified atom stereocenters. The first-order valence-corrected chi connectivity index (χ1v) is 6.99. The molecule has 1 aromatic heterocycles. The normalized spacial score (nSPS) is 11.0. The minimum atomic E-state index is -0.242. The third-order valence-corrected chi connectivity index (χ3v) is 3.70. The number of rotatable bonds is 2. The minimum Gasteiger partial charge on any atom is -0.331 e. The van der Waals surface area contributed by atoms with Gasteiger partial charge in [0, 0.05) is 22.5 Å². The fourth-order valence-corrected chi connectivity index (χ4v) is 2.85. The van der Waals surface area contributed by atoms with Gasteiger partial charge in [0.2, 0.25) is 0 Å². The maximum absolute atomic E-state index is 13.2. The highest BCUT2D eigenvalue weighted by atomic mass is 19.1. The number of para-hydroxylation sites is 1.